The van der Waals surface area contributed by atoms with Crippen molar-refractivity contribution in [2.45, 2.75) is 13.8 Å². The van der Waals surface area contributed by atoms with Gasteiger partial charge in [-0.25, -0.2) is 4.98 Å². The number of amides is 1. The lowest BCUT2D eigenvalue weighted by Gasteiger charge is -2.21. The largest absolute Gasteiger partial charge is 0.497 e. The molecule has 1 amide bonds. The summed E-state index contributed by atoms with van der Waals surface area (Å²) in [6.07, 6.45) is 1.56. The fourth-order valence-corrected chi connectivity index (χ4v) is 2.97. The highest BCUT2D eigenvalue weighted by Crippen LogP contribution is 2.20. The third-order valence-electron chi connectivity index (χ3n) is 4.64. The summed E-state index contributed by atoms with van der Waals surface area (Å²) in [6.45, 7) is 6.15. The molecule has 0 bridgehead atoms. The number of methoxy groups -OCH3 is 1. The molecule has 3 rings (SSSR count). The number of hydrogen-bond acceptors (Lipinski definition) is 5. The number of ether oxygens (including phenoxy) is 1. The molecule has 0 aliphatic carbocycles. The topological polar surface area (TPSA) is 66.5 Å². The van der Waals surface area contributed by atoms with E-state index in [9.17, 15) is 4.79 Å². The molecule has 0 aliphatic heterocycles. The molecular weight excluding hydrogens is 364 g/mol. The van der Waals surface area contributed by atoms with Crippen molar-refractivity contribution in [1.29, 1.82) is 0 Å². The molecule has 0 radical (unpaired) electrons. The smallest absolute Gasteiger partial charge is 0.257 e. The van der Waals surface area contributed by atoms with Crippen LogP contribution in [0.2, 0.25) is 0 Å². The second-order valence-electron chi connectivity index (χ2n) is 6.46. The van der Waals surface area contributed by atoms with Gasteiger partial charge in [-0.05, 0) is 74.5 Å². The molecule has 0 saturated carbocycles. The number of anilines is 4. The first-order valence-electron chi connectivity index (χ1n) is 9.66. The highest BCUT2D eigenvalue weighted by molar-refractivity contribution is 6.04. The van der Waals surface area contributed by atoms with Gasteiger partial charge in [0.1, 0.15) is 11.6 Å². The summed E-state index contributed by atoms with van der Waals surface area (Å²) < 4.78 is 5.15. The summed E-state index contributed by atoms with van der Waals surface area (Å²) in [4.78, 5) is 19.1. The number of nitrogens with zero attached hydrogens (tertiary/aromatic N) is 2. The van der Waals surface area contributed by atoms with Crippen molar-refractivity contribution in [2.24, 2.45) is 0 Å². The lowest BCUT2D eigenvalue weighted by atomic mass is 10.2. The third kappa shape index (κ3) is 5.25. The predicted octanol–water partition coefficient (Wildman–Crippen LogP) is 4.93. The lowest BCUT2D eigenvalue weighted by molar-refractivity contribution is 0.102. The van der Waals surface area contributed by atoms with E-state index in [2.05, 4.69) is 34.4 Å². The van der Waals surface area contributed by atoms with Crippen LogP contribution >= 0.6 is 0 Å². The summed E-state index contributed by atoms with van der Waals surface area (Å²) >= 11 is 0. The van der Waals surface area contributed by atoms with E-state index < -0.39 is 0 Å². The number of carbonyl (C=O) groups excluding carboxylic acids is 1. The third-order valence-corrected chi connectivity index (χ3v) is 4.64. The molecule has 0 unspecified atom stereocenters. The fourth-order valence-electron chi connectivity index (χ4n) is 2.97. The Bertz CT molecular complexity index is 919. The van der Waals surface area contributed by atoms with Gasteiger partial charge in [0, 0.05) is 36.3 Å². The van der Waals surface area contributed by atoms with Gasteiger partial charge in [0.25, 0.3) is 5.91 Å². The van der Waals surface area contributed by atoms with Crippen molar-refractivity contribution in [3.63, 3.8) is 0 Å². The first-order chi connectivity index (χ1) is 14.1. The van der Waals surface area contributed by atoms with Gasteiger partial charge in [-0.2, -0.15) is 0 Å². The van der Waals surface area contributed by atoms with Crippen LogP contribution in [0.4, 0.5) is 22.9 Å². The predicted molar refractivity (Wildman–Crippen MR) is 118 cm³/mol. The standard InChI is InChI=1S/C23H26N4O2/c1-4-27(5-2)20-11-7-19(8-12-20)26-23(28)17-6-15-22(24-16-17)25-18-9-13-21(29-3)14-10-18/h6-16H,4-5H2,1-3H3,(H,24,25)(H,26,28). The molecule has 1 aromatic heterocycles. The summed E-state index contributed by atoms with van der Waals surface area (Å²) in [5.74, 6) is 1.26. The number of nitrogens with one attached hydrogen (secondary N) is 2. The number of carbonyl (C=O) groups is 1. The molecule has 29 heavy (non-hydrogen) atoms. The van der Waals surface area contributed by atoms with Gasteiger partial charge in [0.15, 0.2) is 0 Å². The van der Waals surface area contributed by atoms with E-state index in [0.717, 1.165) is 35.9 Å². The van der Waals surface area contributed by atoms with Gasteiger partial charge in [0.05, 0.1) is 12.7 Å². The minimum Gasteiger partial charge on any atom is -0.497 e. The van der Waals surface area contributed by atoms with Crippen LogP contribution in [-0.4, -0.2) is 31.1 Å². The molecule has 0 spiro atoms. The van der Waals surface area contributed by atoms with Gasteiger partial charge in [-0.15, -0.1) is 0 Å². The van der Waals surface area contributed by atoms with Gasteiger partial charge in [-0.3, -0.25) is 4.79 Å². The zero-order valence-electron chi connectivity index (χ0n) is 17.0. The Morgan fingerprint density at radius 1 is 0.931 bits per heavy atom. The van der Waals surface area contributed by atoms with E-state index in [1.807, 2.05) is 48.5 Å². The quantitative estimate of drug-likeness (QED) is 0.571. The van der Waals surface area contributed by atoms with E-state index in [1.165, 1.54) is 0 Å². The summed E-state index contributed by atoms with van der Waals surface area (Å²) in [5.41, 5.74) is 3.29. The summed E-state index contributed by atoms with van der Waals surface area (Å²) in [5, 5.41) is 6.11. The van der Waals surface area contributed by atoms with E-state index in [-0.39, 0.29) is 5.91 Å². The van der Waals surface area contributed by atoms with Gasteiger partial charge in [0.2, 0.25) is 0 Å². The second kappa shape index (κ2) is 9.59. The van der Waals surface area contributed by atoms with Crippen molar-refractivity contribution >= 4 is 28.8 Å². The molecule has 0 saturated heterocycles. The Hall–Kier alpha value is -3.54. The van der Waals surface area contributed by atoms with Crippen LogP contribution in [0.3, 0.4) is 0 Å². The molecule has 0 atom stereocenters. The summed E-state index contributed by atoms with van der Waals surface area (Å²) in [7, 11) is 1.63. The van der Waals surface area contributed by atoms with Crippen LogP contribution in [0.1, 0.15) is 24.2 Å². The molecule has 6 heteroatoms. The van der Waals surface area contributed by atoms with Crippen molar-refractivity contribution in [3.05, 3.63) is 72.4 Å². The number of rotatable bonds is 8. The first kappa shape index (κ1) is 20.2. The Kier molecular flexibility index (Phi) is 6.68. The van der Waals surface area contributed by atoms with Gasteiger partial charge in [-0.1, -0.05) is 0 Å². The highest BCUT2D eigenvalue weighted by Gasteiger charge is 2.08. The molecule has 6 nitrogen and oxygen atoms in total. The number of pyridine rings is 1. The molecule has 1 heterocycles. The van der Waals surface area contributed by atoms with Crippen LogP contribution < -0.4 is 20.3 Å². The molecular formula is C23H26N4O2. The molecule has 3 aromatic rings. The Balaban J connectivity index is 1.61. The Labute approximate surface area is 171 Å². The number of hydrogen-bond donors (Lipinski definition) is 2. The molecule has 2 N–H and O–H groups in total. The molecule has 150 valence electrons. The van der Waals surface area contributed by atoms with Crippen LogP contribution in [0.5, 0.6) is 5.75 Å². The van der Waals surface area contributed by atoms with Crippen molar-refractivity contribution < 1.29 is 9.53 Å². The van der Waals surface area contributed by atoms with Gasteiger partial charge >= 0.3 is 0 Å². The zero-order valence-corrected chi connectivity index (χ0v) is 17.0. The lowest BCUT2D eigenvalue weighted by Crippen LogP contribution is -2.21. The van der Waals surface area contributed by atoms with E-state index in [0.29, 0.717) is 11.4 Å². The minimum atomic E-state index is -0.191. The normalized spacial score (nSPS) is 10.3. The Morgan fingerprint density at radius 2 is 1.59 bits per heavy atom. The highest BCUT2D eigenvalue weighted by atomic mass is 16.5. The number of aromatic nitrogens is 1. The maximum Gasteiger partial charge on any atom is 0.257 e. The van der Waals surface area contributed by atoms with Crippen LogP contribution in [-0.2, 0) is 0 Å². The van der Waals surface area contributed by atoms with Crippen molar-refractivity contribution in [1.82, 2.24) is 4.98 Å². The maximum absolute atomic E-state index is 12.5. The molecule has 0 aliphatic rings. The van der Waals surface area contributed by atoms with E-state index in [4.69, 9.17) is 4.74 Å². The number of benzene rings is 2. The minimum absolute atomic E-state index is 0.191. The zero-order chi connectivity index (χ0) is 20.6. The van der Waals surface area contributed by atoms with Crippen molar-refractivity contribution in [3.8, 4) is 5.75 Å². The van der Waals surface area contributed by atoms with Crippen LogP contribution in [0, 0.1) is 0 Å². The average Bonchev–Trinajstić information content (AvgIpc) is 2.77. The SMILES string of the molecule is CCN(CC)c1ccc(NC(=O)c2ccc(Nc3ccc(OC)cc3)nc2)cc1. The van der Waals surface area contributed by atoms with Gasteiger partial charge < -0.3 is 20.3 Å². The average molecular weight is 390 g/mol. The van der Waals surface area contributed by atoms with Crippen LogP contribution in [0.15, 0.2) is 66.9 Å². The fraction of sp³-hybridized carbons (Fsp3) is 0.217. The monoisotopic (exact) mass is 390 g/mol. The van der Waals surface area contributed by atoms with Crippen LogP contribution in [0.25, 0.3) is 0 Å². The summed E-state index contributed by atoms with van der Waals surface area (Å²) in [6, 6.07) is 18.9. The Morgan fingerprint density at radius 3 is 2.14 bits per heavy atom. The second-order valence-corrected chi connectivity index (χ2v) is 6.46. The molecule has 0 fully saturated rings. The maximum atomic E-state index is 12.5. The molecule has 2 aromatic carbocycles. The van der Waals surface area contributed by atoms with Crippen molar-refractivity contribution in [2.75, 3.05) is 35.7 Å². The van der Waals surface area contributed by atoms with E-state index >= 15 is 0 Å². The van der Waals surface area contributed by atoms with E-state index in [1.54, 1.807) is 25.4 Å². The first-order valence-corrected chi connectivity index (χ1v) is 9.66.